The average Bonchev–Trinajstić information content (AvgIpc) is 2.74. The van der Waals surface area contributed by atoms with Gasteiger partial charge in [0.25, 0.3) is 5.91 Å². The molecule has 3 aromatic carbocycles. The minimum Gasteiger partial charge on any atom is -0.482 e. The molecule has 0 saturated carbocycles. The number of hydrogen-bond acceptors (Lipinski definition) is 4. The Hall–Kier alpha value is -3.31. The Morgan fingerprint density at radius 2 is 1.69 bits per heavy atom. The van der Waals surface area contributed by atoms with Crippen LogP contribution < -0.4 is 10.1 Å². The Morgan fingerprint density at radius 3 is 2.38 bits per heavy atom. The van der Waals surface area contributed by atoms with Gasteiger partial charge in [0, 0.05) is 16.3 Å². The van der Waals surface area contributed by atoms with Crippen LogP contribution in [0, 0.1) is 6.92 Å². The molecule has 1 amide bonds. The molecular weight excluding hydrogens is 390 g/mol. The SMILES string of the molecule is Cc1cc(Cl)ccc1NC(=O)c1ccc(OCC(=O)OCc2ccccc2)cc1. The first-order chi connectivity index (χ1) is 14.0. The third-order valence-corrected chi connectivity index (χ3v) is 4.39. The second-order valence-electron chi connectivity index (χ2n) is 6.37. The van der Waals surface area contributed by atoms with Gasteiger partial charge < -0.3 is 14.8 Å². The van der Waals surface area contributed by atoms with E-state index in [0.29, 0.717) is 22.0 Å². The van der Waals surface area contributed by atoms with Crippen LogP contribution in [0.2, 0.25) is 5.02 Å². The zero-order chi connectivity index (χ0) is 20.6. The first-order valence-corrected chi connectivity index (χ1v) is 9.39. The summed E-state index contributed by atoms with van der Waals surface area (Å²) < 4.78 is 10.6. The van der Waals surface area contributed by atoms with Crippen LogP contribution in [-0.2, 0) is 16.1 Å². The molecule has 29 heavy (non-hydrogen) atoms. The standard InChI is InChI=1S/C23H20ClNO4/c1-16-13-19(24)9-12-21(16)25-23(27)18-7-10-20(11-8-18)28-15-22(26)29-14-17-5-3-2-4-6-17/h2-13H,14-15H2,1H3,(H,25,27). The van der Waals surface area contributed by atoms with Crippen molar-refractivity contribution in [3.63, 3.8) is 0 Å². The smallest absolute Gasteiger partial charge is 0.344 e. The highest BCUT2D eigenvalue weighted by atomic mass is 35.5. The number of carbonyl (C=O) groups is 2. The van der Waals surface area contributed by atoms with E-state index in [2.05, 4.69) is 5.32 Å². The van der Waals surface area contributed by atoms with E-state index in [1.165, 1.54) is 0 Å². The van der Waals surface area contributed by atoms with Gasteiger partial charge in [-0.3, -0.25) is 4.79 Å². The predicted octanol–water partition coefficient (Wildman–Crippen LogP) is 5.02. The number of anilines is 1. The minimum atomic E-state index is -0.464. The van der Waals surface area contributed by atoms with E-state index < -0.39 is 5.97 Å². The Bertz CT molecular complexity index is 988. The molecule has 1 N–H and O–H groups in total. The second kappa shape index (κ2) is 9.75. The van der Waals surface area contributed by atoms with Crippen molar-refractivity contribution < 1.29 is 19.1 Å². The van der Waals surface area contributed by atoms with Gasteiger partial charge in [-0.25, -0.2) is 4.79 Å². The van der Waals surface area contributed by atoms with Crippen molar-refractivity contribution in [2.75, 3.05) is 11.9 Å². The maximum atomic E-state index is 12.4. The molecule has 0 spiro atoms. The predicted molar refractivity (Wildman–Crippen MR) is 112 cm³/mol. The zero-order valence-corrected chi connectivity index (χ0v) is 16.6. The minimum absolute atomic E-state index is 0.201. The van der Waals surface area contributed by atoms with Crippen LogP contribution in [0.15, 0.2) is 72.8 Å². The number of benzene rings is 3. The molecule has 0 atom stereocenters. The summed E-state index contributed by atoms with van der Waals surface area (Å²) in [6.07, 6.45) is 0. The van der Waals surface area contributed by atoms with E-state index in [9.17, 15) is 9.59 Å². The maximum Gasteiger partial charge on any atom is 0.344 e. The Morgan fingerprint density at radius 1 is 0.966 bits per heavy atom. The number of aryl methyl sites for hydroxylation is 1. The summed E-state index contributed by atoms with van der Waals surface area (Å²) in [5, 5.41) is 3.46. The molecule has 0 fully saturated rings. The third kappa shape index (κ3) is 6.09. The monoisotopic (exact) mass is 409 g/mol. The summed E-state index contributed by atoms with van der Waals surface area (Å²) in [5.41, 5.74) is 2.95. The van der Waals surface area contributed by atoms with Gasteiger partial charge in [0.1, 0.15) is 12.4 Å². The van der Waals surface area contributed by atoms with Gasteiger partial charge in [-0.15, -0.1) is 0 Å². The summed E-state index contributed by atoms with van der Waals surface area (Å²) in [4.78, 5) is 24.2. The van der Waals surface area contributed by atoms with E-state index in [4.69, 9.17) is 21.1 Å². The molecule has 0 aromatic heterocycles. The molecule has 0 aliphatic rings. The molecule has 3 rings (SSSR count). The van der Waals surface area contributed by atoms with Gasteiger partial charge in [0.2, 0.25) is 0 Å². The molecule has 0 aliphatic carbocycles. The lowest BCUT2D eigenvalue weighted by Crippen LogP contribution is -2.15. The topological polar surface area (TPSA) is 64.6 Å². The number of halogens is 1. The molecule has 148 valence electrons. The van der Waals surface area contributed by atoms with Crippen molar-refractivity contribution in [3.8, 4) is 5.75 Å². The van der Waals surface area contributed by atoms with Crippen molar-refractivity contribution in [3.05, 3.63) is 94.5 Å². The first kappa shape index (κ1) is 20.4. The van der Waals surface area contributed by atoms with Crippen molar-refractivity contribution in [1.29, 1.82) is 0 Å². The van der Waals surface area contributed by atoms with Gasteiger partial charge >= 0.3 is 5.97 Å². The molecule has 0 aliphatic heterocycles. The molecule has 0 radical (unpaired) electrons. The van der Waals surface area contributed by atoms with E-state index in [0.717, 1.165) is 11.1 Å². The quantitative estimate of drug-likeness (QED) is 0.556. The molecule has 0 heterocycles. The highest BCUT2D eigenvalue weighted by Gasteiger charge is 2.09. The normalized spacial score (nSPS) is 10.3. The highest BCUT2D eigenvalue weighted by molar-refractivity contribution is 6.30. The first-order valence-electron chi connectivity index (χ1n) is 9.01. The number of carbonyl (C=O) groups excluding carboxylic acids is 2. The van der Waals surface area contributed by atoms with Gasteiger partial charge in [-0.2, -0.15) is 0 Å². The van der Waals surface area contributed by atoms with Crippen molar-refractivity contribution >= 4 is 29.2 Å². The summed E-state index contributed by atoms with van der Waals surface area (Å²) in [5.74, 6) is -0.237. The number of esters is 1. The summed E-state index contributed by atoms with van der Waals surface area (Å²) in [6, 6.07) is 21.2. The van der Waals surface area contributed by atoms with E-state index >= 15 is 0 Å². The highest BCUT2D eigenvalue weighted by Crippen LogP contribution is 2.21. The van der Waals surface area contributed by atoms with Gasteiger partial charge in [-0.1, -0.05) is 41.9 Å². The molecule has 3 aromatic rings. The fourth-order valence-electron chi connectivity index (χ4n) is 2.59. The molecule has 6 heteroatoms. The zero-order valence-electron chi connectivity index (χ0n) is 15.9. The molecular formula is C23H20ClNO4. The molecule has 0 bridgehead atoms. The molecule has 0 saturated heterocycles. The van der Waals surface area contributed by atoms with E-state index in [1.807, 2.05) is 37.3 Å². The number of amides is 1. The van der Waals surface area contributed by atoms with Crippen LogP contribution in [0.3, 0.4) is 0 Å². The van der Waals surface area contributed by atoms with Crippen LogP contribution in [-0.4, -0.2) is 18.5 Å². The van der Waals surface area contributed by atoms with Crippen molar-refractivity contribution in [2.45, 2.75) is 13.5 Å². The second-order valence-corrected chi connectivity index (χ2v) is 6.81. The molecule has 0 unspecified atom stereocenters. The fourth-order valence-corrected chi connectivity index (χ4v) is 2.81. The average molecular weight is 410 g/mol. The third-order valence-electron chi connectivity index (χ3n) is 4.15. The van der Waals surface area contributed by atoms with Crippen molar-refractivity contribution in [1.82, 2.24) is 0 Å². The van der Waals surface area contributed by atoms with E-state index in [1.54, 1.807) is 42.5 Å². The Balaban J connectivity index is 1.49. The van der Waals surface area contributed by atoms with Gasteiger partial charge in [-0.05, 0) is 60.5 Å². The maximum absolute atomic E-state index is 12.4. The largest absolute Gasteiger partial charge is 0.482 e. The number of ether oxygens (including phenoxy) is 2. The van der Waals surface area contributed by atoms with Crippen molar-refractivity contribution in [2.24, 2.45) is 0 Å². The Kier molecular flexibility index (Phi) is 6.87. The summed E-state index contributed by atoms with van der Waals surface area (Å²) >= 11 is 5.93. The van der Waals surface area contributed by atoms with Crippen LogP contribution >= 0.6 is 11.6 Å². The fraction of sp³-hybridized carbons (Fsp3) is 0.130. The van der Waals surface area contributed by atoms with Crippen LogP contribution in [0.5, 0.6) is 5.75 Å². The molecule has 5 nitrogen and oxygen atoms in total. The lowest BCUT2D eigenvalue weighted by Gasteiger charge is -2.10. The summed E-state index contributed by atoms with van der Waals surface area (Å²) in [6.45, 7) is 1.86. The lowest BCUT2D eigenvalue weighted by molar-refractivity contribution is -0.147. The number of rotatable bonds is 7. The van der Waals surface area contributed by atoms with Gasteiger partial charge in [0.05, 0.1) is 0 Å². The summed E-state index contributed by atoms with van der Waals surface area (Å²) in [7, 11) is 0. The van der Waals surface area contributed by atoms with E-state index in [-0.39, 0.29) is 19.1 Å². The number of nitrogens with one attached hydrogen (secondary N) is 1. The lowest BCUT2D eigenvalue weighted by atomic mass is 10.1. The van der Waals surface area contributed by atoms with Crippen LogP contribution in [0.1, 0.15) is 21.5 Å². The van der Waals surface area contributed by atoms with Crippen LogP contribution in [0.25, 0.3) is 0 Å². The van der Waals surface area contributed by atoms with Crippen LogP contribution in [0.4, 0.5) is 5.69 Å². The van der Waals surface area contributed by atoms with Gasteiger partial charge in [0.15, 0.2) is 6.61 Å². The Labute approximate surface area is 174 Å². The number of hydrogen-bond donors (Lipinski definition) is 1.